The smallest absolute Gasteiger partial charge is 0.221 e. The molecule has 0 aromatic heterocycles. The normalized spacial score (nSPS) is 10.7. The third-order valence-electron chi connectivity index (χ3n) is 2.65. The quantitative estimate of drug-likeness (QED) is 0.725. The van der Waals surface area contributed by atoms with E-state index in [4.69, 9.17) is 0 Å². The summed E-state index contributed by atoms with van der Waals surface area (Å²) in [4.78, 5) is 11.4. The van der Waals surface area contributed by atoms with Crippen molar-refractivity contribution in [3.05, 3.63) is 35.4 Å². The van der Waals surface area contributed by atoms with Gasteiger partial charge in [-0.3, -0.25) is 4.79 Å². The molecule has 100 valence electrons. The Morgan fingerprint density at radius 1 is 1.28 bits per heavy atom. The topological polar surface area (TPSA) is 41.1 Å². The number of nitrogens with one attached hydrogen (secondary N) is 2. The number of hydrogen-bond donors (Lipinski definition) is 2. The van der Waals surface area contributed by atoms with Crippen LogP contribution < -0.4 is 10.6 Å². The maximum atomic E-state index is 11.4. The highest BCUT2D eigenvalue weighted by molar-refractivity contribution is 5.76. The van der Waals surface area contributed by atoms with Crippen LogP contribution in [0.15, 0.2) is 24.3 Å². The molecule has 2 N–H and O–H groups in total. The van der Waals surface area contributed by atoms with Crippen LogP contribution in [0.25, 0.3) is 0 Å². The second kappa shape index (κ2) is 7.88. The molecule has 18 heavy (non-hydrogen) atoms. The lowest BCUT2D eigenvalue weighted by Crippen LogP contribution is -2.32. The van der Waals surface area contributed by atoms with Crippen molar-refractivity contribution in [3.63, 3.8) is 0 Å². The van der Waals surface area contributed by atoms with Crippen molar-refractivity contribution >= 4 is 5.91 Å². The minimum absolute atomic E-state index is 0.119. The van der Waals surface area contributed by atoms with Crippen molar-refractivity contribution in [3.8, 4) is 0 Å². The lowest BCUT2D eigenvalue weighted by Gasteiger charge is -2.09. The lowest BCUT2D eigenvalue weighted by molar-refractivity contribution is -0.121. The summed E-state index contributed by atoms with van der Waals surface area (Å²) < 4.78 is 0. The van der Waals surface area contributed by atoms with E-state index in [1.807, 2.05) is 13.8 Å². The van der Waals surface area contributed by atoms with E-state index in [0.29, 0.717) is 6.42 Å². The van der Waals surface area contributed by atoms with Gasteiger partial charge in [0.15, 0.2) is 0 Å². The average Bonchev–Trinajstić information content (AvgIpc) is 2.27. The van der Waals surface area contributed by atoms with Gasteiger partial charge in [-0.15, -0.1) is 0 Å². The Morgan fingerprint density at radius 2 is 2.06 bits per heavy atom. The number of carbonyl (C=O) groups is 1. The standard InChI is InChI=1S/C15H24N2O/c1-12(2)17-15(18)8-10-16-9-7-14-6-4-5-13(3)11-14/h4-6,11-12,16H,7-10H2,1-3H3,(H,17,18). The molecule has 0 aliphatic heterocycles. The van der Waals surface area contributed by atoms with Gasteiger partial charge in [0.05, 0.1) is 0 Å². The third kappa shape index (κ3) is 6.40. The predicted molar refractivity (Wildman–Crippen MR) is 75.6 cm³/mol. The molecule has 1 rings (SSSR count). The first kappa shape index (κ1) is 14.7. The zero-order chi connectivity index (χ0) is 13.4. The Morgan fingerprint density at radius 3 is 2.72 bits per heavy atom. The number of amides is 1. The lowest BCUT2D eigenvalue weighted by atomic mass is 10.1. The van der Waals surface area contributed by atoms with Crippen molar-refractivity contribution in [1.82, 2.24) is 10.6 Å². The van der Waals surface area contributed by atoms with E-state index in [9.17, 15) is 4.79 Å². The van der Waals surface area contributed by atoms with Gasteiger partial charge in [-0.25, -0.2) is 0 Å². The fourth-order valence-electron chi connectivity index (χ4n) is 1.82. The molecule has 0 aliphatic carbocycles. The summed E-state index contributed by atoms with van der Waals surface area (Å²) in [6.45, 7) is 7.71. The minimum Gasteiger partial charge on any atom is -0.354 e. The number of hydrogen-bond acceptors (Lipinski definition) is 2. The van der Waals surface area contributed by atoms with E-state index in [-0.39, 0.29) is 11.9 Å². The summed E-state index contributed by atoms with van der Waals surface area (Å²) >= 11 is 0. The van der Waals surface area contributed by atoms with Gasteiger partial charge in [0, 0.05) is 19.0 Å². The molecule has 0 atom stereocenters. The Balaban J connectivity index is 2.10. The highest BCUT2D eigenvalue weighted by Crippen LogP contribution is 2.03. The van der Waals surface area contributed by atoms with Crippen LogP contribution >= 0.6 is 0 Å². The molecule has 1 aromatic carbocycles. The molecular weight excluding hydrogens is 224 g/mol. The van der Waals surface area contributed by atoms with Gasteiger partial charge in [0.25, 0.3) is 0 Å². The molecule has 0 unspecified atom stereocenters. The van der Waals surface area contributed by atoms with E-state index in [2.05, 4.69) is 41.8 Å². The van der Waals surface area contributed by atoms with Crippen LogP contribution in [-0.4, -0.2) is 25.0 Å². The van der Waals surface area contributed by atoms with E-state index in [0.717, 1.165) is 19.5 Å². The Bertz CT molecular complexity index is 375. The first-order valence-corrected chi connectivity index (χ1v) is 6.63. The molecular formula is C15H24N2O. The monoisotopic (exact) mass is 248 g/mol. The van der Waals surface area contributed by atoms with Crippen LogP contribution in [0, 0.1) is 6.92 Å². The summed E-state index contributed by atoms with van der Waals surface area (Å²) in [5.74, 6) is 0.119. The Kier molecular flexibility index (Phi) is 6.44. The average molecular weight is 248 g/mol. The van der Waals surface area contributed by atoms with Crippen molar-refractivity contribution in [2.75, 3.05) is 13.1 Å². The Labute approximate surface area is 110 Å². The molecule has 1 aromatic rings. The molecule has 0 bridgehead atoms. The summed E-state index contributed by atoms with van der Waals surface area (Å²) in [5.41, 5.74) is 2.64. The third-order valence-corrected chi connectivity index (χ3v) is 2.65. The van der Waals surface area contributed by atoms with Crippen molar-refractivity contribution in [1.29, 1.82) is 0 Å². The van der Waals surface area contributed by atoms with E-state index in [1.165, 1.54) is 11.1 Å². The molecule has 3 heteroatoms. The maximum absolute atomic E-state index is 11.4. The van der Waals surface area contributed by atoms with Gasteiger partial charge in [0.1, 0.15) is 0 Å². The Hall–Kier alpha value is -1.35. The fraction of sp³-hybridized carbons (Fsp3) is 0.533. The molecule has 0 heterocycles. The second-order valence-corrected chi connectivity index (χ2v) is 4.96. The first-order chi connectivity index (χ1) is 8.58. The van der Waals surface area contributed by atoms with Crippen LogP contribution in [0.3, 0.4) is 0 Å². The SMILES string of the molecule is Cc1cccc(CCNCCC(=O)NC(C)C)c1. The summed E-state index contributed by atoms with van der Waals surface area (Å²) in [7, 11) is 0. The molecule has 0 aliphatic rings. The zero-order valence-corrected chi connectivity index (χ0v) is 11.6. The van der Waals surface area contributed by atoms with Crippen molar-refractivity contribution in [2.24, 2.45) is 0 Å². The van der Waals surface area contributed by atoms with Gasteiger partial charge in [-0.2, -0.15) is 0 Å². The number of benzene rings is 1. The molecule has 0 fully saturated rings. The zero-order valence-electron chi connectivity index (χ0n) is 11.6. The van der Waals surface area contributed by atoms with Crippen LogP contribution in [-0.2, 0) is 11.2 Å². The van der Waals surface area contributed by atoms with Gasteiger partial charge in [-0.05, 0) is 39.3 Å². The number of aryl methyl sites for hydroxylation is 1. The largest absolute Gasteiger partial charge is 0.354 e. The van der Waals surface area contributed by atoms with Crippen molar-refractivity contribution in [2.45, 2.75) is 39.7 Å². The molecule has 1 amide bonds. The molecule has 0 radical (unpaired) electrons. The molecule has 3 nitrogen and oxygen atoms in total. The second-order valence-electron chi connectivity index (χ2n) is 4.96. The van der Waals surface area contributed by atoms with Gasteiger partial charge in [0.2, 0.25) is 5.91 Å². The van der Waals surface area contributed by atoms with Gasteiger partial charge < -0.3 is 10.6 Å². The van der Waals surface area contributed by atoms with Gasteiger partial charge >= 0.3 is 0 Å². The summed E-state index contributed by atoms with van der Waals surface area (Å²) in [6, 6.07) is 8.76. The van der Waals surface area contributed by atoms with Crippen LogP contribution in [0.2, 0.25) is 0 Å². The van der Waals surface area contributed by atoms with Crippen LogP contribution in [0.1, 0.15) is 31.4 Å². The molecule has 0 saturated carbocycles. The predicted octanol–water partition coefficient (Wildman–Crippen LogP) is 2.04. The number of carbonyl (C=O) groups excluding carboxylic acids is 1. The summed E-state index contributed by atoms with van der Waals surface area (Å²) in [6.07, 6.45) is 1.56. The van der Waals surface area contributed by atoms with Crippen LogP contribution in [0.4, 0.5) is 0 Å². The van der Waals surface area contributed by atoms with Crippen molar-refractivity contribution < 1.29 is 4.79 Å². The van der Waals surface area contributed by atoms with Crippen LogP contribution in [0.5, 0.6) is 0 Å². The molecule has 0 spiro atoms. The summed E-state index contributed by atoms with van der Waals surface area (Å²) in [5, 5.41) is 6.18. The fourth-order valence-corrected chi connectivity index (χ4v) is 1.82. The highest BCUT2D eigenvalue weighted by atomic mass is 16.1. The minimum atomic E-state index is 0.119. The first-order valence-electron chi connectivity index (χ1n) is 6.63. The maximum Gasteiger partial charge on any atom is 0.221 e. The van der Waals surface area contributed by atoms with Gasteiger partial charge in [-0.1, -0.05) is 29.8 Å². The van der Waals surface area contributed by atoms with E-state index < -0.39 is 0 Å². The van der Waals surface area contributed by atoms with E-state index in [1.54, 1.807) is 0 Å². The highest BCUT2D eigenvalue weighted by Gasteiger charge is 2.01. The molecule has 0 saturated heterocycles. The van der Waals surface area contributed by atoms with E-state index >= 15 is 0 Å². The number of rotatable bonds is 7.